The normalized spacial score (nSPS) is 7.76. The third-order valence-corrected chi connectivity index (χ3v) is 4.12. The molecule has 4 N–H and O–H groups in total. The Morgan fingerprint density at radius 1 is 0.559 bits per heavy atom. The van der Waals surface area contributed by atoms with Gasteiger partial charge in [-0.05, 0) is 46.9 Å². The van der Waals surface area contributed by atoms with Crippen LogP contribution >= 0.6 is 0 Å². The average molecular weight is 469 g/mol. The van der Waals surface area contributed by atoms with E-state index in [0.717, 1.165) is 37.2 Å². The Morgan fingerprint density at radius 2 is 0.765 bits per heavy atom. The zero-order chi connectivity index (χ0) is 27.4. The maximum Gasteiger partial charge on any atom is 0.231 e. The van der Waals surface area contributed by atoms with Gasteiger partial charge in [0.25, 0.3) is 0 Å². The highest BCUT2D eigenvalue weighted by Gasteiger charge is 2.07. The van der Waals surface area contributed by atoms with Crippen molar-refractivity contribution in [3.05, 3.63) is 70.8 Å². The Balaban J connectivity index is -0.000000183. The first-order valence-corrected chi connectivity index (χ1v) is 10.5. The number of benzene rings is 2. The minimum Gasteiger partial charge on any atom is -0.222 e. The Kier molecular flexibility index (Phi) is 31.8. The van der Waals surface area contributed by atoms with Gasteiger partial charge in [0.1, 0.15) is 0 Å². The molecule has 8 nitrogen and oxygen atoms in total. The van der Waals surface area contributed by atoms with Crippen LogP contribution in [0.1, 0.15) is 75.6 Å². The number of aryl methyl sites for hydroxylation is 2. The molecule has 0 amide bonds. The Labute approximate surface area is 202 Å². The SMILES string of the molecule is CC(C)c1ccccc1C(C)C.CCc1ccccc1CC.N=C=O.N=C=O.N=C=O.N=C=O. The van der Waals surface area contributed by atoms with E-state index >= 15 is 0 Å². The summed E-state index contributed by atoms with van der Waals surface area (Å²) in [6.45, 7) is 13.4. The third kappa shape index (κ3) is 22.6. The molecule has 0 aromatic heterocycles. The van der Waals surface area contributed by atoms with Gasteiger partial charge in [-0.3, -0.25) is 0 Å². The quantitative estimate of drug-likeness (QED) is 0.303. The highest BCUT2D eigenvalue weighted by molar-refractivity contribution is 5.32. The van der Waals surface area contributed by atoms with Crippen molar-refractivity contribution in [3.63, 3.8) is 0 Å². The highest BCUT2D eigenvalue weighted by atomic mass is 16.1. The molecular weight excluding hydrogens is 432 g/mol. The molecule has 0 aliphatic heterocycles. The number of isocyanates is 4. The van der Waals surface area contributed by atoms with E-state index in [1.54, 1.807) is 0 Å². The zero-order valence-electron chi connectivity index (χ0n) is 20.8. The maximum absolute atomic E-state index is 8.35. The van der Waals surface area contributed by atoms with Crippen LogP contribution in [0.5, 0.6) is 0 Å². The number of rotatable bonds is 4. The average Bonchev–Trinajstić information content (AvgIpc) is 2.81. The molecule has 0 atom stereocenters. The van der Waals surface area contributed by atoms with Gasteiger partial charge >= 0.3 is 0 Å². The van der Waals surface area contributed by atoms with E-state index in [9.17, 15) is 0 Å². The van der Waals surface area contributed by atoms with Crippen molar-refractivity contribution in [2.75, 3.05) is 0 Å². The topological polar surface area (TPSA) is 164 Å². The predicted molar refractivity (Wildman–Crippen MR) is 133 cm³/mol. The van der Waals surface area contributed by atoms with E-state index < -0.39 is 0 Å². The maximum atomic E-state index is 8.35. The second-order valence-electron chi connectivity index (χ2n) is 6.82. The predicted octanol–water partition coefficient (Wildman–Crippen LogP) is 6.35. The fourth-order valence-electron chi connectivity index (χ4n) is 2.81. The summed E-state index contributed by atoms with van der Waals surface area (Å²) in [5.74, 6) is 1.28. The van der Waals surface area contributed by atoms with Gasteiger partial charge in [-0.1, -0.05) is 90.1 Å². The van der Waals surface area contributed by atoms with Gasteiger partial charge in [-0.25, -0.2) is 40.8 Å². The Morgan fingerprint density at radius 3 is 0.941 bits per heavy atom. The molecule has 0 saturated carbocycles. The first kappa shape index (κ1) is 37.3. The lowest BCUT2D eigenvalue weighted by Crippen LogP contribution is -1.97. The van der Waals surface area contributed by atoms with E-state index in [1.807, 2.05) is 0 Å². The molecule has 2 rings (SSSR count). The second-order valence-corrected chi connectivity index (χ2v) is 6.82. The van der Waals surface area contributed by atoms with Gasteiger partial charge in [-0.2, -0.15) is 0 Å². The lowest BCUT2D eigenvalue weighted by Gasteiger charge is -2.14. The van der Waals surface area contributed by atoms with Crippen molar-refractivity contribution in [1.82, 2.24) is 0 Å². The molecule has 0 spiro atoms. The summed E-state index contributed by atoms with van der Waals surface area (Å²) in [5, 5.41) is 21.6. The van der Waals surface area contributed by atoms with Crippen LogP contribution in [-0.4, -0.2) is 24.3 Å². The highest BCUT2D eigenvalue weighted by Crippen LogP contribution is 2.25. The fraction of sp³-hybridized carbons (Fsp3) is 0.385. The summed E-state index contributed by atoms with van der Waals surface area (Å²) >= 11 is 0. The van der Waals surface area contributed by atoms with Crippen LogP contribution in [0.25, 0.3) is 0 Å². The van der Waals surface area contributed by atoms with Gasteiger partial charge < -0.3 is 0 Å². The molecule has 184 valence electrons. The Hall–Kier alpha value is -4.04. The van der Waals surface area contributed by atoms with E-state index in [4.69, 9.17) is 40.8 Å². The van der Waals surface area contributed by atoms with Crippen molar-refractivity contribution >= 4 is 24.3 Å². The summed E-state index contributed by atoms with van der Waals surface area (Å²) in [7, 11) is 0. The molecule has 2 aromatic carbocycles. The summed E-state index contributed by atoms with van der Waals surface area (Å²) in [4.78, 5) is 33.4. The molecular formula is C26H36N4O4. The van der Waals surface area contributed by atoms with Crippen molar-refractivity contribution in [2.24, 2.45) is 0 Å². The van der Waals surface area contributed by atoms with Crippen LogP contribution < -0.4 is 0 Å². The molecule has 0 unspecified atom stereocenters. The number of hydrogen-bond donors (Lipinski definition) is 4. The van der Waals surface area contributed by atoms with Crippen molar-refractivity contribution < 1.29 is 19.2 Å². The van der Waals surface area contributed by atoms with Crippen molar-refractivity contribution in [1.29, 1.82) is 21.6 Å². The van der Waals surface area contributed by atoms with Crippen LogP contribution in [0.4, 0.5) is 0 Å². The van der Waals surface area contributed by atoms with Crippen LogP contribution in [0.3, 0.4) is 0 Å². The van der Waals surface area contributed by atoms with Gasteiger partial charge in [0.15, 0.2) is 0 Å². The first-order valence-electron chi connectivity index (χ1n) is 10.5. The van der Waals surface area contributed by atoms with E-state index in [2.05, 4.69) is 90.1 Å². The minimum atomic E-state index is 0.642. The van der Waals surface area contributed by atoms with Crippen molar-refractivity contribution in [3.8, 4) is 0 Å². The molecule has 8 heteroatoms. The van der Waals surface area contributed by atoms with Gasteiger partial charge in [0.2, 0.25) is 24.3 Å². The van der Waals surface area contributed by atoms with Gasteiger partial charge in [0, 0.05) is 0 Å². The minimum absolute atomic E-state index is 0.642. The summed E-state index contributed by atoms with van der Waals surface area (Å²) < 4.78 is 0. The molecule has 0 radical (unpaired) electrons. The van der Waals surface area contributed by atoms with Gasteiger partial charge in [0.05, 0.1) is 0 Å². The van der Waals surface area contributed by atoms with E-state index in [1.165, 1.54) is 22.3 Å². The molecule has 34 heavy (non-hydrogen) atoms. The molecule has 0 bridgehead atoms. The van der Waals surface area contributed by atoms with Crippen LogP contribution in [0.15, 0.2) is 48.5 Å². The fourth-order valence-corrected chi connectivity index (χ4v) is 2.81. The zero-order valence-corrected chi connectivity index (χ0v) is 20.8. The lowest BCUT2D eigenvalue weighted by atomic mass is 9.91. The van der Waals surface area contributed by atoms with E-state index in [0.29, 0.717) is 11.8 Å². The number of carbonyl (C=O) groups excluding carboxylic acids is 4. The number of hydrogen-bond acceptors (Lipinski definition) is 8. The molecule has 0 saturated heterocycles. The summed E-state index contributed by atoms with van der Waals surface area (Å²) in [6.07, 6.45) is 5.31. The number of nitrogens with one attached hydrogen (secondary N) is 4. The molecule has 0 aliphatic carbocycles. The molecule has 0 heterocycles. The Bertz CT molecular complexity index is 803. The molecule has 0 fully saturated rings. The second kappa shape index (κ2) is 29.0. The van der Waals surface area contributed by atoms with Crippen LogP contribution in [-0.2, 0) is 32.0 Å². The lowest BCUT2D eigenvalue weighted by molar-refractivity contribution is 0.562. The van der Waals surface area contributed by atoms with E-state index in [-0.39, 0.29) is 0 Å². The monoisotopic (exact) mass is 468 g/mol. The molecule has 2 aromatic rings. The molecule has 0 aliphatic rings. The summed E-state index contributed by atoms with van der Waals surface area (Å²) in [6, 6.07) is 17.4. The third-order valence-electron chi connectivity index (χ3n) is 4.12. The largest absolute Gasteiger partial charge is 0.231 e. The summed E-state index contributed by atoms with van der Waals surface area (Å²) in [5.41, 5.74) is 5.97. The van der Waals surface area contributed by atoms with Crippen LogP contribution in [0, 0.1) is 21.6 Å². The van der Waals surface area contributed by atoms with Crippen molar-refractivity contribution in [2.45, 2.75) is 66.2 Å². The smallest absolute Gasteiger partial charge is 0.222 e. The van der Waals surface area contributed by atoms with Crippen LogP contribution in [0.2, 0.25) is 0 Å². The van der Waals surface area contributed by atoms with Gasteiger partial charge in [-0.15, -0.1) is 0 Å². The standard InChI is InChI=1S/C12H18.C10H14.4CHNO/c1-9(2)11-7-5-6-8-12(11)10(3)4;1-3-9-7-5-6-8-10(9)4-2;4*2-1-3/h5-10H,1-4H3;5-8H,3-4H2,1-2H3;4*2H. The first-order chi connectivity index (χ1) is 16.2.